The van der Waals surface area contributed by atoms with Crippen LogP contribution in [0.3, 0.4) is 0 Å². The molecule has 0 radical (unpaired) electrons. The maximum absolute atomic E-state index is 12.0. The summed E-state index contributed by atoms with van der Waals surface area (Å²) in [6.07, 6.45) is 0.778. The fraction of sp³-hybridized carbons (Fsp3) is 0.462. The number of piperazine rings is 1. The topological polar surface area (TPSA) is 73.6 Å². The molecule has 0 saturated carbocycles. The van der Waals surface area contributed by atoms with Gasteiger partial charge in [-0.25, -0.2) is 9.78 Å². The van der Waals surface area contributed by atoms with Crippen molar-refractivity contribution in [2.45, 2.75) is 45.2 Å². The van der Waals surface area contributed by atoms with E-state index in [0.717, 1.165) is 80.2 Å². The summed E-state index contributed by atoms with van der Waals surface area (Å²) in [6, 6.07) is 14.6. The van der Waals surface area contributed by atoms with Crippen LogP contribution in [0.4, 0.5) is 10.5 Å². The highest BCUT2D eigenvalue weighted by atomic mass is 16.4. The Hall–Kier alpha value is -2.90. The molecule has 7 heteroatoms. The first-order valence-electron chi connectivity index (χ1n) is 12.1. The van der Waals surface area contributed by atoms with Crippen molar-refractivity contribution in [1.29, 1.82) is 0 Å². The molecule has 2 atom stereocenters. The average molecular weight is 448 g/mol. The number of imidazole rings is 1. The van der Waals surface area contributed by atoms with E-state index < -0.39 is 6.09 Å². The van der Waals surface area contributed by atoms with E-state index in [9.17, 15) is 9.90 Å². The largest absolute Gasteiger partial charge is 0.465 e. The van der Waals surface area contributed by atoms with Gasteiger partial charge in [0.25, 0.3) is 0 Å². The molecule has 7 nitrogen and oxygen atoms in total. The van der Waals surface area contributed by atoms with Crippen LogP contribution in [-0.2, 0) is 13.0 Å². The summed E-state index contributed by atoms with van der Waals surface area (Å²) in [6.45, 7) is 10.3. The zero-order chi connectivity index (χ0) is 22.9. The Bertz CT molecular complexity index is 1140. The smallest absolute Gasteiger partial charge is 0.412 e. The molecule has 2 aliphatic heterocycles. The van der Waals surface area contributed by atoms with Crippen molar-refractivity contribution >= 4 is 22.8 Å². The number of nitrogens with zero attached hydrogens (tertiary/aromatic N) is 4. The number of carboxylic acid groups (broad SMARTS) is 1. The lowest BCUT2D eigenvalue weighted by Gasteiger charge is -2.33. The highest BCUT2D eigenvalue weighted by molar-refractivity contribution is 5.94. The molecule has 1 saturated heterocycles. The minimum absolute atomic E-state index is 0.0232. The summed E-state index contributed by atoms with van der Waals surface area (Å²) < 4.78 is 2.37. The third-order valence-corrected chi connectivity index (χ3v) is 7.29. The van der Waals surface area contributed by atoms with Crippen LogP contribution in [0.2, 0.25) is 0 Å². The molecule has 0 aliphatic carbocycles. The van der Waals surface area contributed by atoms with Crippen LogP contribution in [0.1, 0.15) is 43.1 Å². The van der Waals surface area contributed by atoms with E-state index in [1.165, 1.54) is 10.5 Å². The summed E-state index contributed by atoms with van der Waals surface area (Å²) in [5.74, 6) is 1.20. The van der Waals surface area contributed by atoms with Crippen molar-refractivity contribution < 1.29 is 9.90 Å². The van der Waals surface area contributed by atoms with Gasteiger partial charge in [0.15, 0.2) is 0 Å². The van der Waals surface area contributed by atoms with Gasteiger partial charge in [0, 0.05) is 56.8 Å². The fourth-order valence-electron chi connectivity index (χ4n) is 5.37. The Kier molecular flexibility index (Phi) is 6.08. The van der Waals surface area contributed by atoms with E-state index in [1.54, 1.807) is 0 Å². The van der Waals surface area contributed by atoms with Crippen LogP contribution in [0.25, 0.3) is 11.0 Å². The van der Waals surface area contributed by atoms with Crippen molar-refractivity contribution in [3.63, 3.8) is 0 Å². The highest BCUT2D eigenvalue weighted by Gasteiger charge is 2.31. The maximum atomic E-state index is 12.0. The van der Waals surface area contributed by atoms with Crippen molar-refractivity contribution in [3.8, 4) is 0 Å². The molecule has 1 fully saturated rings. The normalized spacial score (nSPS) is 20.1. The second-order valence-electron chi connectivity index (χ2n) is 9.32. The van der Waals surface area contributed by atoms with Crippen molar-refractivity contribution in [1.82, 2.24) is 19.8 Å². The number of rotatable bonds is 5. The number of hydrogen-bond acceptors (Lipinski definition) is 4. The molecule has 1 amide bonds. The fourth-order valence-corrected chi connectivity index (χ4v) is 5.37. The molecule has 3 heterocycles. The van der Waals surface area contributed by atoms with E-state index in [4.69, 9.17) is 4.98 Å². The maximum Gasteiger partial charge on any atom is 0.412 e. The average Bonchev–Trinajstić information content (AvgIpc) is 3.21. The van der Waals surface area contributed by atoms with Crippen LogP contribution in [-0.4, -0.2) is 64.4 Å². The van der Waals surface area contributed by atoms with Crippen molar-refractivity contribution in [3.05, 3.63) is 59.4 Å². The Morgan fingerprint density at radius 3 is 2.64 bits per heavy atom. The summed E-state index contributed by atoms with van der Waals surface area (Å²) in [4.78, 5) is 21.2. The van der Waals surface area contributed by atoms with Gasteiger partial charge in [0.05, 0.1) is 16.7 Å². The van der Waals surface area contributed by atoms with Crippen LogP contribution < -0.4 is 10.2 Å². The number of amides is 1. The van der Waals surface area contributed by atoms with E-state index in [-0.39, 0.29) is 12.0 Å². The van der Waals surface area contributed by atoms with Gasteiger partial charge in [-0.1, -0.05) is 37.3 Å². The molecule has 174 valence electrons. The van der Waals surface area contributed by atoms with Gasteiger partial charge in [-0.3, -0.25) is 9.80 Å². The van der Waals surface area contributed by atoms with Gasteiger partial charge in [-0.15, -0.1) is 0 Å². The minimum Gasteiger partial charge on any atom is -0.465 e. The predicted octanol–water partition coefficient (Wildman–Crippen LogP) is 3.91. The summed E-state index contributed by atoms with van der Waals surface area (Å²) in [5, 5.41) is 13.3. The first-order valence-corrected chi connectivity index (χ1v) is 12.1. The monoisotopic (exact) mass is 447 g/mol. The Morgan fingerprint density at radius 2 is 1.91 bits per heavy atom. The zero-order valence-corrected chi connectivity index (χ0v) is 19.5. The minimum atomic E-state index is -0.890. The van der Waals surface area contributed by atoms with Crippen LogP contribution in [0, 0.1) is 0 Å². The molecule has 1 aromatic heterocycles. The van der Waals surface area contributed by atoms with Crippen LogP contribution >= 0.6 is 0 Å². The van der Waals surface area contributed by atoms with Crippen molar-refractivity contribution in [2.75, 3.05) is 37.6 Å². The quantitative estimate of drug-likeness (QED) is 0.620. The molecule has 0 bridgehead atoms. The lowest BCUT2D eigenvalue weighted by atomic mass is 9.96. The molecule has 2 aromatic carbocycles. The molecule has 33 heavy (non-hydrogen) atoms. The molecule has 2 N–H and O–H groups in total. The van der Waals surface area contributed by atoms with E-state index in [1.807, 2.05) is 19.1 Å². The predicted molar refractivity (Wildman–Crippen MR) is 131 cm³/mol. The highest BCUT2D eigenvalue weighted by Crippen LogP contribution is 2.37. The van der Waals surface area contributed by atoms with E-state index in [0.29, 0.717) is 0 Å². The number of hydrogen-bond donors (Lipinski definition) is 2. The number of benzene rings is 2. The van der Waals surface area contributed by atoms with Crippen molar-refractivity contribution in [2.24, 2.45) is 0 Å². The summed E-state index contributed by atoms with van der Waals surface area (Å²) >= 11 is 0. The molecule has 2 unspecified atom stereocenters. The SMILES string of the molecule is CC(c1ccccc1)c1nc2c3c(ccc2n1CCN1CCNCC1)N(C(=O)O)C(C)CC3. The van der Waals surface area contributed by atoms with E-state index in [2.05, 4.69) is 52.0 Å². The third kappa shape index (κ3) is 4.11. The van der Waals surface area contributed by atoms with Gasteiger partial charge < -0.3 is 15.0 Å². The summed E-state index contributed by atoms with van der Waals surface area (Å²) in [7, 11) is 0. The van der Waals surface area contributed by atoms with Crippen LogP contribution in [0.5, 0.6) is 0 Å². The van der Waals surface area contributed by atoms with Gasteiger partial charge in [0.1, 0.15) is 5.82 Å². The molecular formula is C26H33N5O2. The first-order chi connectivity index (χ1) is 16.0. The number of nitrogens with one attached hydrogen (secondary N) is 1. The Morgan fingerprint density at radius 1 is 1.15 bits per heavy atom. The number of aromatic nitrogens is 2. The standard InChI is InChI=1S/C26H33N5O2/c1-18-8-9-21-22(31(18)26(32)33)10-11-23-24(21)28-25(19(2)20-6-4-3-5-7-20)30(23)17-16-29-14-12-27-13-15-29/h3-7,10-11,18-19,27H,8-9,12-17H2,1-2H3,(H,32,33). The van der Waals surface area contributed by atoms with Gasteiger partial charge in [0.2, 0.25) is 0 Å². The molecule has 3 aromatic rings. The Labute approximate surface area is 195 Å². The number of fused-ring (bicyclic) bond motifs is 3. The van der Waals surface area contributed by atoms with Crippen LogP contribution in [0.15, 0.2) is 42.5 Å². The molecule has 5 rings (SSSR count). The molecule has 0 spiro atoms. The summed E-state index contributed by atoms with van der Waals surface area (Å²) in [5.41, 5.74) is 5.17. The molecular weight excluding hydrogens is 414 g/mol. The lowest BCUT2D eigenvalue weighted by molar-refractivity contribution is 0.198. The third-order valence-electron chi connectivity index (χ3n) is 7.29. The van der Waals surface area contributed by atoms with Gasteiger partial charge in [-0.05, 0) is 37.5 Å². The number of carbonyl (C=O) groups is 1. The van der Waals surface area contributed by atoms with Gasteiger partial charge >= 0.3 is 6.09 Å². The number of aryl methyl sites for hydroxylation is 1. The second kappa shape index (κ2) is 9.15. The lowest BCUT2D eigenvalue weighted by Crippen LogP contribution is -2.44. The van der Waals surface area contributed by atoms with Gasteiger partial charge in [-0.2, -0.15) is 0 Å². The second-order valence-corrected chi connectivity index (χ2v) is 9.32. The number of anilines is 1. The molecule has 2 aliphatic rings. The van der Waals surface area contributed by atoms with E-state index >= 15 is 0 Å². The first kappa shape index (κ1) is 21.9. The zero-order valence-electron chi connectivity index (χ0n) is 19.5. The Balaban J connectivity index is 1.59.